The highest BCUT2D eigenvalue weighted by atomic mass is 35.5. The summed E-state index contributed by atoms with van der Waals surface area (Å²) in [5.74, 6) is 2.37. The van der Waals surface area contributed by atoms with Crippen molar-refractivity contribution in [2.75, 3.05) is 11.4 Å². The van der Waals surface area contributed by atoms with E-state index in [0.717, 1.165) is 24.0 Å². The van der Waals surface area contributed by atoms with Crippen molar-refractivity contribution in [1.29, 1.82) is 0 Å². The molecule has 0 spiro atoms. The number of hydrogen-bond acceptors (Lipinski definition) is 3. The summed E-state index contributed by atoms with van der Waals surface area (Å²) < 4.78 is 0. The Morgan fingerprint density at radius 1 is 1.18 bits per heavy atom. The van der Waals surface area contributed by atoms with Crippen LogP contribution in [-0.2, 0) is 5.88 Å². The predicted octanol–water partition coefficient (Wildman–Crippen LogP) is 2.98. The molecule has 3 nitrogen and oxygen atoms in total. The quantitative estimate of drug-likeness (QED) is 0.757. The first-order chi connectivity index (χ1) is 8.38. The molecule has 1 aromatic rings. The van der Waals surface area contributed by atoms with Crippen LogP contribution in [0.15, 0.2) is 12.1 Å². The maximum Gasteiger partial charge on any atom is 0.151 e. The maximum absolute atomic E-state index is 5.73. The lowest BCUT2D eigenvalue weighted by Crippen LogP contribution is -2.35. The van der Waals surface area contributed by atoms with E-state index in [1.54, 1.807) is 0 Å². The first kappa shape index (κ1) is 11.3. The zero-order valence-electron chi connectivity index (χ0n) is 9.98. The number of alkyl halides is 1. The summed E-state index contributed by atoms with van der Waals surface area (Å²) in [7, 11) is 0. The van der Waals surface area contributed by atoms with Crippen LogP contribution in [0.2, 0.25) is 0 Å². The minimum atomic E-state index is 0.444. The summed E-state index contributed by atoms with van der Waals surface area (Å²) in [5.41, 5.74) is 0.856. The van der Waals surface area contributed by atoms with Crippen LogP contribution >= 0.6 is 11.6 Å². The van der Waals surface area contributed by atoms with Gasteiger partial charge in [-0.2, -0.15) is 5.10 Å². The van der Waals surface area contributed by atoms with Gasteiger partial charge in [0.25, 0.3) is 0 Å². The molecule has 0 N–H and O–H groups in total. The van der Waals surface area contributed by atoms with Gasteiger partial charge in [-0.15, -0.1) is 16.7 Å². The molecule has 17 heavy (non-hydrogen) atoms. The normalized spacial score (nSPS) is 28.2. The minimum Gasteiger partial charge on any atom is -0.352 e. The molecule has 3 rings (SSSR count). The number of hydrogen-bond donors (Lipinski definition) is 0. The minimum absolute atomic E-state index is 0.444. The van der Waals surface area contributed by atoms with Crippen molar-refractivity contribution in [2.24, 2.45) is 5.92 Å². The van der Waals surface area contributed by atoms with E-state index >= 15 is 0 Å². The van der Waals surface area contributed by atoms with Crippen molar-refractivity contribution in [2.45, 2.75) is 44.0 Å². The standard InChI is InChI=1S/C13H18ClN3/c14-9-11-5-6-13(16-15-11)17-8-7-10-3-1-2-4-12(10)17/h5-6,10,12H,1-4,7-9H2. The highest BCUT2D eigenvalue weighted by molar-refractivity contribution is 6.16. The van der Waals surface area contributed by atoms with Crippen LogP contribution in [0, 0.1) is 5.92 Å². The summed E-state index contributed by atoms with van der Waals surface area (Å²) in [6.07, 6.45) is 6.82. The zero-order valence-corrected chi connectivity index (χ0v) is 10.7. The average Bonchev–Trinajstić information content (AvgIpc) is 2.83. The second-order valence-corrected chi connectivity index (χ2v) is 5.38. The largest absolute Gasteiger partial charge is 0.352 e. The van der Waals surface area contributed by atoms with Gasteiger partial charge >= 0.3 is 0 Å². The van der Waals surface area contributed by atoms with Crippen molar-refractivity contribution in [3.63, 3.8) is 0 Å². The molecule has 0 aromatic carbocycles. The van der Waals surface area contributed by atoms with Crippen molar-refractivity contribution < 1.29 is 0 Å². The van der Waals surface area contributed by atoms with Gasteiger partial charge in [-0.05, 0) is 37.3 Å². The fourth-order valence-corrected chi connectivity index (χ4v) is 3.41. The number of halogens is 1. The lowest BCUT2D eigenvalue weighted by Gasteiger charge is -2.32. The molecular weight excluding hydrogens is 234 g/mol. The van der Waals surface area contributed by atoms with Crippen molar-refractivity contribution in [3.05, 3.63) is 17.8 Å². The Labute approximate surface area is 107 Å². The van der Waals surface area contributed by atoms with Gasteiger partial charge in [0.05, 0.1) is 11.6 Å². The van der Waals surface area contributed by atoms with Crippen LogP contribution in [0.3, 0.4) is 0 Å². The van der Waals surface area contributed by atoms with Crippen molar-refractivity contribution in [1.82, 2.24) is 10.2 Å². The molecule has 0 radical (unpaired) electrons. The molecule has 2 unspecified atom stereocenters. The Kier molecular flexibility index (Phi) is 3.19. The van der Waals surface area contributed by atoms with Crippen LogP contribution in [0.5, 0.6) is 0 Å². The van der Waals surface area contributed by atoms with E-state index in [1.165, 1.54) is 32.1 Å². The van der Waals surface area contributed by atoms with E-state index in [0.29, 0.717) is 11.9 Å². The van der Waals surface area contributed by atoms with Crippen LogP contribution in [0.4, 0.5) is 5.82 Å². The Morgan fingerprint density at radius 2 is 2.06 bits per heavy atom. The van der Waals surface area contributed by atoms with Crippen molar-refractivity contribution in [3.8, 4) is 0 Å². The molecule has 2 aliphatic rings. The van der Waals surface area contributed by atoms with Gasteiger partial charge in [-0.1, -0.05) is 12.8 Å². The SMILES string of the molecule is ClCc1ccc(N2CCC3CCCCC32)nn1. The Hall–Kier alpha value is -0.830. The Bertz CT molecular complexity index is 379. The van der Waals surface area contributed by atoms with Gasteiger partial charge in [0, 0.05) is 12.6 Å². The summed E-state index contributed by atoms with van der Waals surface area (Å²) in [5, 5.41) is 8.47. The third kappa shape index (κ3) is 2.13. The molecule has 4 heteroatoms. The van der Waals surface area contributed by atoms with E-state index in [2.05, 4.69) is 21.2 Å². The zero-order chi connectivity index (χ0) is 11.7. The summed E-state index contributed by atoms with van der Waals surface area (Å²) in [4.78, 5) is 2.45. The van der Waals surface area contributed by atoms with Gasteiger partial charge in [-0.25, -0.2) is 0 Å². The van der Waals surface area contributed by atoms with Gasteiger partial charge < -0.3 is 4.90 Å². The lowest BCUT2D eigenvalue weighted by atomic mass is 9.85. The third-order valence-corrected chi connectivity index (χ3v) is 4.42. The molecule has 1 saturated carbocycles. The van der Waals surface area contributed by atoms with E-state index in [1.807, 2.05) is 6.07 Å². The number of nitrogens with zero attached hydrogens (tertiary/aromatic N) is 3. The number of fused-ring (bicyclic) bond motifs is 1. The molecule has 1 aliphatic heterocycles. The molecular formula is C13H18ClN3. The lowest BCUT2D eigenvalue weighted by molar-refractivity contribution is 0.341. The van der Waals surface area contributed by atoms with Crippen LogP contribution in [0.1, 0.15) is 37.8 Å². The summed E-state index contributed by atoms with van der Waals surface area (Å²) in [6, 6.07) is 4.77. The molecule has 2 fully saturated rings. The molecule has 92 valence electrons. The van der Waals surface area contributed by atoms with E-state index in [9.17, 15) is 0 Å². The number of aromatic nitrogens is 2. The second-order valence-electron chi connectivity index (χ2n) is 5.11. The Balaban J connectivity index is 1.78. The first-order valence-corrected chi connectivity index (χ1v) is 7.07. The van der Waals surface area contributed by atoms with Gasteiger partial charge in [0.2, 0.25) is 0 Å². The monoisotopic (exact) mass is 251 g/mol. The predicted molar refractivity (Wildman–Crippen MR) is 69.3 cm³/mol. The molecule has 1 aromatic heterocycles. The highest BCUT2D eigenvalue weighted by Gasteiger charge is 2.36. The topological polar surface area (TPSA) is 29.0 Å². The van der Waals surface area contributed by atoms with Crippen molar-refractivity contribution >= 4 is 17.4 Å². The fraction of sp³-hybridized carbons (Fsp3) is 0.692. The molecule has 1 aliphatic carbocycles. The van der Waals surface area contributed by atoms with Gasteiger partial charge in [0.1, 0.15) is 0 Å². The average molecular weight is 252 g/mol. The van der Waals surface area contributed by atoms with E-state index in [-0.39, 0.29) is 0 Å². The summed E-state index contributed by atoms with van der Waals surface area (Å²) in [6.45, 7) is 1.14. The van der Waals surface area contributed by atoms with Crippen LogP contribution < -0.4 is 4.90 Å². The fourth-order valence-electron chi connectivity index (χ4n) is 3.27. The first-order valence-electron chi connectivity index (χ1n) is 6.53. The second kappa shape index (κ2) is 4.81. The number of rotatable bonds is 2. The Morgan fingerprint density at radius 3 is 2.82 bits per heavy atom. The maximum atomic E-state index is 5.73. The smallest absolute Gasteiger partial charge is 0.151 e. The molecule has 2 atom stereocenters. The molecule has 0 amide bonds. The van der Waals surface area contributed by atoms with Crippen LogP contribution in [0.25, 0.3) is 0 Å². The molecule has 2 heterocycles. The molecule has 1 saturated heterocycles. The van der Waals surface area contributed by atoms with Crippen LogP contribution in [-0.4, -0.2) is 22.8 Å². The van der Waals surface area contributed by atoms with E-state index < -0.39 is 0 Å². The third-order valence-electron chi connectivity index (χ3n) is 4.15. The van der Waals surface area contributed by atoms with Gasteiger partial charge in [-0.3, -0.25) is 0 Å². The highest BCUT2D eigenvalue weighted by Crippen LogP contribution is 2.37. The van der Waals surface area contributed by atoms with Gasteiger partial charge in [0.15, 0.2) is 5.82 Å². The summed E-state index contributed by atoms with van der Waals surface area (Å²) >= 11 is 5.73. The molecule has 0 bridgehead atoms. The van der Waals surface area contributed by atoms with E-state index in [4.69, 9.17) is 11.6 Å². The number of anilines is 1.